The zero-order valence-electron chi connectivity index (χ0n) is 21.4. The van der Waals surface area contributed by atoms with E-state index in [1.807, 2.05) is 48.1 Å². The second-order valence-corrected chi connectivity index (χ2v) is 8.95. The quantitative estimate of drug-likeness (QED) is 0.172. The van der Waals surface area contributed by atoms with Crippen LogP contribution in [-0.2, 0) is 16.1 Å². The maximum atomic E-state index is 14.2. The van der Waals surface area contributed by atoms with E-state index >= 15 is 0 Å². The fraction of sp³-hybridized carbons (Fsp3) is 0.129. The Morgan fingerprint density at radius 1 is 0.974 bits per heavy atom. The maximum absolute atomic E-state index is 14.2. The number of hydrogen-bond acceptors (Lipinski definition) is 5. The molecule has 2 aliphatic rings. The van der Waals surface area contributed by atoms with Gasteiger partial charge in [-0.3, -0.25) is 0 Å². The first-order chi connectivity index (χ1) is 18.9. The third kappa shape index (κ3) is 5.85. The first-order valence-electron chi connectivity index (χ1n) is 12.3. The predicted octanol–water partition coefficient (Wildman–Crippen LogP) is 6.46. The minimum absolute atomic E-state index is 0.0404. The van der Waals surface area contributed by atoms with Crippen molar-refractivity contribution in [2.75, 3.05) is 13.7 Å². The normalized spacial score (nSPS) is 11.3. The lowest BCUT2D eigenvalue weighted by Crippen LogP contribution is -2.01. The van der Waals surface area contributed by atoms with Gasteiger partial charge in [-0.15, -0.1) is 0 Å². The average molecular weight is 526 g/mol. The van der Waals surface area contributed by atoms with Crippen molar-refractivity contribution < 1.29 is 23.0 Å². The van der Waals surface area contributed by atoms with E-state index in [0.29, 0.717) is 23.7 Å². The number of fused-ring (bicyclic) bond motifs is 1. The Labute approximate surface area is 224 Å². The molecule has 0 radical (unpaired) electrons. The van der Waals surface area contributed by atoms with Crippen LogP contribution in [0.25, 0.3) is 33.9 Å². The molecule has 0 amide bonds. The summed E-state index contributed by atoms with van der Waals surface area (Å²) in [6.45, 7) is 2.90. The summed E-state index contributed by atoms with van der Waals surface area (Å²) in [5, 5.41) is 0. The van der Waals surface area contributed by atoms with Crippen LogP contribution in [-0.4, -0.2) is 34.2 Å². The number of aromatic nitrogens is 3. The summed E-state index contributed by atoms with van der Waals surface area (Å²) in [5.41, 5.74) is 5.59. The average Bonchev–Trinajstić information content (AvgIpc) is 3.36. The second-order valence-electron chi connectivity index (χ2n) is 8.95. The molecule has 196 valence electrons. The Kier molecular flexibility index (Phi) is 7.45. The van der Waals surface area contributed by atoms with Crippen LogP contribution in [0.3, 0.4) is 0 Å². The number of halogens is 2. The first-order valence-corrected chi connectivity index (χ1v) is 12.3. The molecule has 39 heavy (non-hydrogen) atoms. The summed E-state index contributed by atoms with van der Waals surface area (Å²) in [5.74, 6) is -1.42. The van der Waals surface area contributed by atoms with Crippen LogP contribution >= 0.6 is 0 Å². The van der Waals surface area contributed by atoms with Gasteiger partial charge < -0.3 is 14.0 Å². The van der Waals surface area contributed by atoms with E-state index in [2.05, 4.69) is 39.0 Å². The molecule has 2 aliphatic heterocycles. The SMILES string of the molecule is COC(=O)C=CCOc1ccc(-c2ccc(Cn3ccc4nc(-c5cccc(F)c5F)nc-4c3)cc2)c(C)c1. The highest BCUT2D eigenvalue weighted by molar-refractivity contribution is 5.81. The molecule has 0 saturated heterocycles. The molecule has 0 bridgehead atoms. The lowest BCUT2D eigenvalue weighted by atomic mass is 9.99. The van der Waals surface area contributed by atoms with Crippen molar-refractivity contribution in [2.24, 2.45) is 0 Å². The number of hydrogen-bond donors (Lipinski definition) is 0. The van der Waals surface area contributed by atoms with E-state index in [1.165, 1.54) is 25.3 Å². The van der Waals surface area contributed by atoms with Crippen molar-refractivity contribution in [3.8, 4) is 39.7 Å². The van der Waals surface area contributed by atoms with Crippen LogP contribution in [0.15, 0.2) is 91.3 Å². The molecule has 0 unspecified atom stereocenters. The molecule has 8 heteroatoms. The number of esters is 1. The molecule has 0 fully saturated rings. The minimum atomic E-state index is -0.953. The smallest absolute Gasteiger partial charge is 0.330 e. The largest absolute Gasteiger partial charge is 0.490 e. The molecule has 0 atom stereocenters. The molecule has 0 spiro atoms. The lowest BCUT2D eigenvalue weighted by Gasteiger charge is -2.11. The fourth-order valence-corrected chi connectivity index (χ4v) is 4.25. The third-order valence-electron chi connectivity index (χ3n) is 6.25. The highest BCUT2D eigenvalue weighted by Crippen LogP contribution is 2.29. The van der Waals surface area contributed by atoms with Gasteiger partial charge in [0.25, 0.3) is 0 Å². The summed E-state index contributed by atoms with van der Waals surface area (Å²) in [6.07, 6.45) is 6.68. The van der Waals surface area contributed by atoms with Gasteiger partial charge in [0.1, 0.15) is 18.1 Å². The molecular weight excluding hydrogens is 500 g/mol. The van der Waals surface area contributed by atoms with Gasteiger partial charge in [0, 0.05) is 25.0 Å². The summed E-state index contributed by atoms with van der Waals surface area (Å²) in [7, 11) is 1.33. The summed E-state index contributed by atoms with van der Waals surface area (Å²) >= 11 is 0. The van der Waals surface area contributed by atoms with Crippen molar-refractivity contribution in [3.63, 3.8) is 0 Å². The van der Waals surface area contributed by atoms with Gasteiger partial charge in [0.15, 0.2) is 17.5 Å². The van der Waals surface area contributed by atoms with E-state index < -0.39 is 17.6 Å². The number of benzene rings is 3. The van der Waals surface area contributed by atoms with Crippen LogP contribution < -0.4 is 4.74 Å². The van der Waals surface area contributed by atoms with Gasteiger partial charge in [-0.1, -0.05) is 36.4 Å². The predicted molar refractivity (Wildman–Crippen MR) is 144 cm³/mol. The van der Waals surface area contributed by atoms with Gasteiger partial charge >= 0.3 is 5.97 Å². The van der Waals surface area contributed by atoms with Crippen LogP contribution in [0.2, 0.25) is 0 Å². The Bertz CT molecular complexity index is 1630. The number of rotatable bonds is 8. The molecule has 2 heterocycles. The Balaban J connectivity index is 1.27. The van der Waals surface area contributed by atoms with Gasteiger partial charge in [0.05, 0.1) is 18.4 Å². The topological polar surface area (TPSA) is 66.2 Å². The molecule has 5 rings (SSSR count). The Hall–Kier alpha value is -4.85. The fourth-order valence-electron chi connectivity index (χ4n) is 4.25. The zero-order chi connectivity index (χ0) is 27.4. The van der Waals surface area contributed by atoms with Crippen LogP contribution in [0.4, 0.5) is 8.78 Å². The Morgan fingerprint density at radius 3 is 2.54 bits per heavy atom. The highest BCUT2D eigenvalue weighted by Gasteiger charge is 2.17. The number of carbonyl (C=O) groups is 1. The van der Waals surface area contributed by atoms with E-state index in [-0.39, 0.29) is 18.0 Å². The highest BCUT2D eigenvalue weighted by atomic mass is 19.2. The first kappa shape index (κ1) is 25.8. The van der Waals surface area contributed by atoms with Crippen molar-refractivity contribution in [1.82, 2.24) is 14.5 Å². The van der Waals surface area contributed by atoms with Crippen molar-refractivity contribution in [2.45, 2.75) is 13.5 Å². The van der Waals surface area contributed by atoms with Crippen molar-refractivity contribution in [3.05, 3.63) is 114 Å². The monoisotopic (exact) mass is 525 g/mol. The van der Waals surface area contributed by atoms with E-state index in [4.69, 9.17) is 4.74 Å². The summed E-state index contributed by atoms with van der Waals surface area (Å²) in [4.78, 5) is 19.9. The number of ether oxygens (including phenoxy) is 2. The number of aryl methyl sites for hydroxylation is 1. The molecule has 0 saturated carbocycles. The second kappa shape index (κ2) is 11.3. The molecule has 0 N–H and O–H groups in total. The lowest BCUT2D eigenvalue weighted by molar-refractivity contribution is -0.134. The van der Waals surface area contributed by atoms with Gasteiger partial charge in [-0.05, 0) is 65.6 Å². The number of nitrogens with zero attached hydrogens (tertiary/aromatic N) is 3. The molecule has 0 aliphatic carbocycles. The summed E-state index contributed by atoms with van der Waals surface area (Å²) in [6, 6.07) is 20.0. The van der Waals surface area contributed by atoms with Crippen molar-refractivity contribution in [1.29, 1.82) is 0 Å². The number of imidazole rings is 1. The molecular formula is C31H25F2N3O3. The van der Waals surface area contributed by atoms with E-state index in [0.717, 1.165) is 28.3 Å². The van der Waals surface area contributed by atoms with Crippen LogP contribution in [0.1, 0.15) is 11.1 Å². The van der Waals surface area contributed by atoms with Crippen LogP contribution in [0.5, 0.6) is 5.75 Å². The van der Waals surface area contributed by atoms with Gasteiger partial charge in [0.2, 0.25) is 0 Å². The molecule has 3 aromatic carbocycles. The number of carbonyl (C=O) groups excluding carboxylic acids is 1. The molecule has 3 aromatic rings. The van der Waals surface area contributed by atoms with Crippen molar-refractivity contribution >= 4 is 5.97 Å². The maximum Gasteiger partial charge on any atom is 0.330 e. The minimum Gasteiger partial charge on any atom is -0.490 e. The van der Waals surface area contributed by atoms with Gasteiger partial charge in [-0.2, -0.15) is 0 Å². The zero-order valence-corrected chi connectivity index (χ0v) is 21.4. The summed E-state index contributed by atoms with van der Waals surface area (Å²) < 4.78 is 40.1. The van der Waals surface area contributed by atoms with E-state index in [1.54, 1.807) is 6.08 Å². The third-order valence-corrected chi connectivity index (χ3v) is 6.25. The van der Waals surface area contributed by atoms with Crippen LogP contribution in [0, 0.1) is 18.6 Å². The van der Waals surface area contributed by atoms with Gasteiger partial charge in [-0.25, -0.2) is 23.5 Å². The molecule has 0 aromatic heterocycles. The van der Waals surface area contributed by atoms with E-state index in [9.17, 15) is 13.6 Å². The number of methoxy groups -OCH3 is 1. The standard InChI is InChI=1S/C31H25F2N3O3/c1-20-17-23(39-16-4-7-29(37)38-2)12-13-24(20)22-10-8-21(9-11-22)18-36-15-14-27-28(19-36)35-31(34-27)25-5-3-6-26(32)30(25)33/h3-15,17,19H,16,18H2,1-2H3. The number of pyridine rings is 1. The Morgan fingerprint density at radius 2 is 1.77 bits per heavy atom. The molecule has 6 nitrogen and oxygen atoms in total.